The molecule has 0 N–H and O–H groups in total. The maximum Gasteiger partial charge on any atom is 0.167 e. The molecule has 4 unspecified atom stereocenters. The van der Waals surface area contributed by atoms with Crippen LogP contribution in [0.15, 0.2) is 29.9 Å². The van der Waals surface area contributed by atoms with Crippen LogP contribution in [0.3, 0.4) is 0 Å². The Hall–Kier alpha value is -1.86. The Kier molecular flexibility index (Phi) is 3.66. The van der Waals surface area contributed by atoms with Gasteiger partial charge in [0.15, 0.2) is 5.82 Å². The second kappa shape index (κ2) is 5.82. The summed E-state index contributed by atoms with van der Waals surface area (Å²) < 4.78 is 6.23. The Balaban J connectivity index is 1.57. The van der Waals surface area contributed by atoms with Crippen LogP contribution >= 0.6 is 11.3 Å². The quantitative estimate of drug-likeness (QED) is 0.812. The summed E-state index contributed by atoms with van der Waals surface area (Å²) in [4.78, 5) is 14.8. The molecule has 2 aromatic rings. The van der Waals surface area contributed by atoms with Crippen molar-refractivity contribution in [1.82, 2.24) is 15.0 Å². The molecule has 5 heterocycles. The van der Waals surface area contributed by atoms with Crippen LogP contribution in [0.25, 0.3) is 0 Å². The van der Waals surface area contributed by atoms with Crippen LogP contribution in [0.4, 0.5) is 5.82 Å². The summed E-state index contributed by atoms with van der Waals surface area (Å²) in [5, 5.41) is 8.08. The molecule has 4 atom stereocenters. The molecule has 2 aromatic heterocycles. The number of ether oxygens (including phenoxy) is 1. The van der Waals surface area contributed by atoms with E-state index < -0.39 is 0 Å². The van der Waals surface area contributed by atoms with E-state index in [9.17, 15) is 0 Å². The number of hydrazone groups is 1. The molecule has 0 amide bonds. The highest BCUT2D eigenvalue weighted by molar-refractivity contribution is 7.13. The summed E-state index contributed by atoms with van der Waals surface area (Å²) in [6.07, 6.45) is 11.0. The molecule has 3 aliphatic rings. The summed E-state index contributed by atoms with van der Waals surface area (Å²) in [7, 11) is 0. The Morgan fingerprint density at radius 2 is 2.04 bits per heavy atom. The van der Waals surface area contributed by atoms with Crippen molar-refractivity contribution in [3.8, 4) is 0 Å². The molecule has 7 heteroatoms. The number of thiazole rings is 1. The van der Waals surface area contributed by atoms with Gasteiger partial charge in [-0.1, -0.05) is 20.8 Å². The molecular weight excluding hydrogens is 346 g/mol. The first-order valence-corrected chi connectivity index (χ1v) is 10.1. The topological polar surface area (TPSA) is 63.5 Å². The predicted molar refractivity (Wildman–Crippen MR) is 102 cm³/mol. The zero-order chi connectivity index (χ0) is 17.9. The van der Waals surface area contributed by atoms with Crippen LogP contribution < -0.4 is 5.01 Å². The summed E-state index contributed by atoms with van der Waals surface area (Å²) in [5.41, 5.74) is 1.20. The molecule has 0 aliphatic carbocycles. The van der Waals surface area contributed by atoms with Crippen molar-refractivity contribution in [3.05, 3.63) is 34.7 Å². The lowest BCUT2D eigenvalue weighted by Crippen LogP contribution is -2.47. The maximum absolute atomic E-state index is 6.23. The molecule has 3 aliphatic heterocycles. The average molecular weight is 369 g/mol. The van der Waals surface area contributed by atoms with Gasteiger partial charge >= 0.3 is 0 Å². The number of hydrogen-bond donors (Lipinski definition) is 0. The third kappa shape index (κ3) is 2.56. The highest BCUT2D eigenvalue weighted by Gasteiger charge is 2.52. The van der Waals surface area contributed by atoms with Crippen LogP contribution in [0.1, 0.15) is 49.9 Å². The number of hydrogen-bond acceptors (Lipinski definition) is 7. The van der Waals surface area contributed by atoms with Crippen LogP contribution in [-0.4, -0.2) is 38.9 Å². The summed E-state index contributed by atoms with van der Waals surface area (Å²) >= 11 is 1.77. The van der Waals surface area contributed by atoms with Gasteiger partial charge in [-0.15, -0.1) is 11.3 Å². The van der Waals surface area contributed by atoms with E-state index in [1.807, 2.05) is 11.2 Å². The standard InChI is InChI=1S/C19H23N5OS/c1-19(2,3)14-9-22-18(26-14)16-12-8-11-4-5-13(25-11)17(12)24(23-16)15-10-20-6-7-21-15/h6-7,9-13,17H,4-5,8H2,1-3H3. The van der Waals surface area contributed by atoms with Crippen molar-refractivity contribution < 1.29 is 4.74 Å². The first-order chi connectivity index (χ1) is 12.5. The molecule has 2 fully saturated rings. The van der Waals surface area contributed by atoms with Crippen molar-refractivity contribution in [2.24, 2.45) is 11.0 Å². The molecule has 6 nitrogen and oxygen atoms in total. The Labute approximate surface area is 157 Å². The minimum Gasteiger partial charge on any atom is -0.373 e. The van der Waals surface area contributed by atoms with E-state index in [2.05, 4.69) is 30.7 Å². The average Bonchev–Trinajstić information content (AvgIpc) is 3.33. The van der Waals surface area contributed by atoms with E-state index in [0.29, 0.717) is 12.0 Å². The molecular formula is C19H23N5OS. The minimum absolute atomic E-state index is 0.105. The van der Waals surface area contributed by atoms with Gasteiger partial charge in [0.2, 0.25) is 0 Å². The monoisotopic (exact) mass is 369 g/mol. The van der Waals surface area contributed by atoms with Crippen molar-refractivity contribution in [2.75, 3.05) is 5.01 Å². The SMILES string of the molecule is CC(C)(C)c1cnc(C2=NN(c3cnccn3)C3C4CCC(CC23)O4)s1. The number of aromatic nitrogens is 3. The van der Waals surface area contributed by atoms with Crippen molar-refractivity contribution in [3.63, 3.8) is 0 Å². The van der Waals surface area contributed by atoms with Gasteiger partial charge in [0.1, 0.15) is 10.7 Å². The van der Waals surface area contributed by atoms with Crippen molar-refractivity contribution in [1.29, 1.82) is 0 Å². The Bertz CT molecular complexity index is 843. The molecule has 2 bridgehead atoms. The molecule has 5 rings (SSSR count). The predicted octanol–water partition coefficient (Wildman–Crippen LogP) is 3.39. The van der Waals surface area contributed by atoms with Crippen LogP contribution in [0, 0.1) is 5.92 Å². The number of fused-ring (bicyclic) bond motifs is 4. The molecule has 0 aromatic carbocycles. The van der Waals surface area contributed by atoms with Crippen molar-refractivity contribution in [2.45, 2.75) is 63.7 Å². The molecule has 26 heavy (non-hydrogen) atoms. The Morgan fingerprint density at radius 3 is 2.77 bits per heavy atom. The van der Waals surface area contributed by atoms with E-state index in [-0.39, 0.29) is 17.6 Å². The van der Waals surface area contributed by atoms with E-state index >= 15 is 0 Å². The molecule has 2 saturated heterocycles. The zero-order valence-corrected chi connectivity index (χ0v) is 16.1. The van der Waals surface area contributed by atoms with Gasteiger partial charge in [0.05, 0.1) is 24.4 Å². The first kappa shape index (κ1) is 16.3. The lowest BCUT2D eigenvalue weighted by atomic mass is 9.87. The van der Waals surface area contributed by atoms with Gasteiger partial charge in [-0.05, 0) is 24.7 Å². The van der Waals surface area contributed by atoms with Crippen molar-refractivity contribution >= 4 is 22.9 Å². The lowest BCUT2D eigenvalue weighted by molar-refractivity contribution is -0.0184. The van der Waals surface area contributed by atoms with E-state index in [1.165, 1.54) is 4.88 Å². The van der Waals surface area contributed by atoms with E-state index in [1.54, 1.807) is 29.9 Å². The van der Waals surface area contributed by atoms with Gasteiger partial charge in [-0.25, -0.2) is 15.0 Å². The number of nitrogens with zero attached hydrogens (tertiary/aromatic N) is 5. The lowest BCUT2D eigenvalue weighted by Gasteiger charge is -2.35. The molecule has 0 saturated carbocycles. The van der Waals surface area contributed by atoms with Gasteiger partial charge in [-0.3, -0.25) is 4.98 Å². The fourth-order valence-electron chi connectivity index (χ4n) is 4.25. The molecule has 136 valence electrons. The van der Waals surface area contributed by atoms with Crippen LogP contribution in [-0.2, 0) is 10.2 Å². The van der Waals surface area contributed by atoms with Crippen LogP contribution in [0.5, 0.6) is 0 Å². The fraction of sp³-hybridized carbons (Fsp3) is 0.579. The van der Waals surface area contributed by atoms with Gasteiger partial charge in [-0.2, -0.15) is 5.10 Å². The largest absolute Gasteiger partial charge is 0.373 e. The van der Waals surface area contributed by atoms with E-state index in [4.69, 9.17) is 14.8 Å². The Morgan fingerprint density at radius 1 is 1.15 bits per heavy atom. The first-order valence-electron chi connectivity index (χ1n) is 9.26. The molecule has 0 radical (unpaired) electrons. The minimum atomic E-state index is 0.105. The number of anilines is 1. The zero-order valence-electron chi connectivity index (χ0n) is 15.3. The second-order valence-electron chi connectivity index (χ2n) is 8.38. The van der Waals surface area contributed by atoms with Gasteiger partial charge < -0.3 is 4.74 Å². The summed E-state index contributed by atoms with van der Waals surface area (Å²) in [6.45, 7) is 6.68. The maximum atomic E-state index is 6.23. The third-order valence-corrected chi connectivity index (χ3v) is 6.99. The third-order valence-electron chi connectivity index (χ3n) is 5.55. The summed E-state index contributed by atoms with van der Waals surface area (Å²) in [6, 6.07) is 0.197. The van der Waals surface area contributed by atoms with Gasteiger partial charge in [0, 0.05) is 29.4 Å². The number of rotatable bonds is 2. The highest BCUT2D eigenvalue weighted by atomic mass is 32.1. The summed E-state index contributed by atoms with van der Waals surface area (Å²) in [5.74, 6) is 1.14. The molecule has 0 spiro atoms. The highest BCUT2D eigenvalue weighted by Crippen LogP contribution is 2.45. The van der Waals surface area contributed by atoms with E-state index in [0.717, 1.165) is 35.8 Å². The fourth-order valence-corrected chi connectivity index (χ4v) is 5.27. The van der Waals surface area contributed by atoms with Crippen LogP contribution in [0.2, 0.25) is 0 Å². The van der Waals surface area contributed by atoms with Gasteiger partial charge in [0.25, 0.3) is 0 Å². The smallest absolute Gasteiger partial charge is 0.167 e. The normalized spacial score (nSPS) is 30.4. The second-order valence-corrected chi connectivity index (χ2v) is 9.41.